The van der Waals surface area contributed by atoms with Gasteiger partial charge in [-0.15, -0.1) is 0 Å². The molecule has 16 heavy (non-hydrogen) atoms. The van der Waals surface area contributed by atoms with E-state index in [2.05, 4.69) is 48.5 Å². The molecule has 0 aromatic heterocycles. The third-order valence-corrected chi connectivity index (χ3v) is 3.56. The second-order valence-electron chi connectivity index (χ2n) is 4.94. The lowest BCUT2D eigenvalue weighted by Crippen LogP contribution is -2.47. The van der Waals surface area contributed by atoms with Gasteiger partial charge in [-0.05, 0) is 32.5 Å². The van der Waals surface area contributed by atoms with Crippen LogP contribution < -0.4 is 11.1 Å². The van der Waals surface area contributed by atoms with E-state index in [4.69, 9.17) is 5.73 Å². The van der Waals surface area contributed by atoms with Crippen molar-refractivity contribution in [1.82, 2.24) is 4.90 Å². The predicted molar refractivity (Wildman–Crippen MR) is 68.6 cm³/mol. The first-order valence-corrected chi connectivity index (χ1v) is 5.89. The molecule has 1 aromatic carbocycles. The third kappa shape index (κ3) is 2.20. The molecule has 1 saturated heterocycles. The molecule has 2 rings (SSSR count). The summed E-state index contributed by atoms with van der Waals surface area (Å²) in [5.74, 6) is 0. The van der Waals surface area contributed by atoms with E-state index in [1.807, 2.05) is 6.07 Å². The minimum absolute atomic E-state index is 0.0372. The van der Waals surface area contributed by atoms with E-state index >= 15 is 0 Å². The van der Waals surface area contributed by atoms with E-state index in [-0.39, 0.29) is 5.54 Å². The zero-order valence-electron chi connectivity index (χ0n) is 10.1. The number of likely N-dealkylation sites (tertiary alicyclic amines) is 1. The van der Waals surface area contributed by atoms with Crippen LogP contribution in [0.4, 0.5) is 5.69 Å². The van der Waals surface area contributed by atoms with Gasteiger partial charge in [0, 0.05) is 24.8 Å². The normalized spacial score (nSPS) is 30.6. The van der Waals surface area contributed by atoms with Crippen molar-refractivity contribution in [3.8, 4) is 0 Å². The molecule has 3 nitrogen and oxygen atoms in total. The zero-order chi connectivity index (χ0) is 11.6. The summed E-state index contributed by atoms with van der Waals surface area (Å²) in [6, 6.07) is 10.9. The molecule has 3 heteroatoms. The van der Waals surface area contributed by atoms with Crippen molar-refractivity contribution in [2.24, 2.45) is 5.73 Å². The molecule has 3 N–H and O–H groups in total. The summed E-state index contributed by atoms with van der Waals surface area (Å²) in [7, 11) is 2.16. The fraction of sp³-hybridized carbons (Fsp3) is 0.538. The van der Waals surface area contributed by atoms with Crippen molar-refractivity contribution in [1.29, 1.82) is 0 Å². The first-order chi connectivity index (χ1) is 7.65. The molecule has 1 aliphatic heterocycles. The van der Waals surface area contributed by atoms with Gasteiger partial charge in [0.15, 0.2) is 0 Å². The van der Waals surface area contributed by atoms with Crippen molar-refractivity contribution in [2.45, 2.75) is 24.9 Å². The van der Waals surface area contributed by atoms with E-state index in [1.165, 1.54) is 0 Å². The lowest BCUT2D eigenvalue weighted by Gasteiger charge is -2.30. The SMILES string of the molecule is CC1CC(CN)(Nc2ccccc2)CN1C. The van der Waals surface area contributed by atoms with Gasteiger partial charge in [0.1, 0.15) is 0 Å². The minimum Gasteiger partial charge on any atom is -0.377 e. The average Bonchev–Trinajstić information content (AvgIpc) is 2.56. The van der Waals surface area contributed by atoms with Crippen LogP contribution in [0.3, 0.4) is 0 Å². The Bertz CT molecular complexity index is 326. The maximum absolute atomic E-state index is 5.95. The highest BCUT2D eigenvalue weighted by Gasteiger charge is 2.39. The van der Waals surface area contributed by atoms with Gasteiger partial charge in [-0.2, -0.15) is 0 Å². The highest BCUT2D eigenvalue weighted by molar-refractivity contribution is 5.46. The van der Waals surface area contributed by atoms with Gasteiger partial charge in [-0.25, -0.2) is 0 Å². The summed E-state index contributed by atoms with van der Waals surface area (Å²) in [6.45, 7) is 3.94. The van der Waals surface area contributed by atoms with Gasteiger partial charge < -0.3 is 16.0 Å². The topological polar surface area (TPSA) is 41.3 Å². The summed E-state index contributed by atoms with van der Waals surface area (Å²) in [5.41, 5.74) is 7.15. The van der Waals surface area contributed by atoms with E-state index in [0.29, 0.717) is 12.6 Å². The third-order valence-electron chi connectivity index (χ3n) is 3.56. The first-order valence-electron chi connectivity index (χ1n) is 5.89. The molecule has 2 unspecified atom stereocenters. The predicted octanol–water partition coefficient (Wildman–Crippen LogP) is 1.52. The zero-order valence-corrected chi connectivity index (χ0v) is 10.1. The molecule has 0 bridgehead atoms. The van der Waals surface area contributed by atoms with Crippen molar-refractivity contribution >= 4 is 5.69 Å². The van der Waals surface area contributed by atoms with Gasteiger partial charge in [0.05, 0.1) is 5.54 Å². The van der Waals surface area contributed by atoms with Crippen molar-refractivity contribution in [2.75, 3.05) is 25.5 Å². The van der Waals surface area contributed by atoms with Crippen LogP contribution in [0.1, 0.15) is 13.3 Å². The van der Waals surface area contributed by atoms with Gasteiger partial charge in [-0.3, -0.25) is 0 Å². The van der Waals surface area contributed by atoms with Crippen molar-refractivity contribution in [3.05, 3.63) is 30.3 Å². The molecule has 0 amide bonds. The van der Waals surface area contributed by atoms with Crippen molar-refractivity contribution < 1.29 is 0 Å². The Morgan fingerprint density at radius 3 is 2.62 bits per heavy atom. The summed E-state index contributed by atoms with van der Waals surface area (Å²) in [5, 5.41) is 3.60. The largest absolute Gasteiger partial charge is 0.377 e. The number of nitrogens with one attached hydrogen (secondary N) is 1. The van der Waals surface area contributed by atoms with Crippen LogP contribution in [0.15, 0.2) is 30.3 Å². The fourth-order valence-corrected chi connectivity index (χ4v) is 2.54. The van der Waals surface area contributed by atoms with Crippen LogP contribution >= 0.6 is 0 Å². The number of benzene rings is 1. The molecular formula is C13H21N3. The number of hydrogen-bond acceptors (Lipinski definition) is 3. The second-order valence-corrected chi connectivity index (χ2v) is 4.94. The molecule has 1 aromatic rings. The minimum atomic E-state index is 0.0372. The number of rotatable bonds is 3. The number of nitrogens with two attached hydrogens (primary N) is 1. The van der Waals surface area contributed by atoms with E-state index < -0.39 is 0 Å². The summed E-state index contributed by atoms with van der Waals surface area (Å²) < 4.78 is 0. The molecular weight excluding hydrogens is 198 g/mol. The Morgan fingerprint density at radius 2 is 2.12 bits per heavy atom. The van der Waals surface area contributed by atoms with Gasteiger partial charge in [0.2, 0.25) is 0 Å². The Balaban J connectivity index is 2.12. The molecule has 1 heterocycles. The summed E-state index contributed by atoms with van der Waals surface area (Å²) in [4.78, 5) is 2.36. The molecule has 0 spiro atoms. The molecule has 0 aliphatic carbocycles. The molecule has 0 saturated carbocycles. The number of hydrogen-bond donors (Lipinski definition) is 2. The highest BCUT2D eigenvalue weighted by Crippen LogP contribution is 2.28. The fourth-order valence-electron chi connectivity index (χ4n) is 2.54. The number of para-hydroxylation sites is 1. The lowest BCUT2D eigenvalue weighted by atomic mass is 9.96. The van der Waals surface area contributed by atoms with E-state index in [0.717, 1.165) is 18.7 Å². The van der Waals surface area contributed by atoms with Crippen LogP contribution in [0, 0.1) is 0 Å². The number of nitrogens with zero attached hydrogens (tertiary/aromatic N) is 1. The molecule has 88 valence electrons. The maximum atomic E-state index is 5.95. The van der Waals surface area contributed by atoms with E-state index in [1.54, 1.807) is 0 Å². The smallest absolute Gasteiger partial charge is 0.0636 e. The monoisotopic (exact) mass is 219 g/mol. The number of likely N-dealkylation sites (N-methyl/N-ethyl adjacent to an activating group) is 1. The lowest BCUT2D eigenvalue weighted by molar-refractivity contribution is 0.323. The van der Waals surface area contributed by atoms with Crippen LogP contribution in [-0.4, -0.2) is 36.6 Å². The van der Waals surface area contributed by atoms with E-state index in [9.17, 15) is 0 Å². The molecule has 1 aliphatic rings. The summed E-state index contributed by atoms with van der Waals surface area (Å²) in [6.07, 6.45) is 1.11. The van der Waals surface area contributed by atoms with Crippen LogP contribution in [0.25, 0.3) is 0 Å². The Labute approximate surface area is 97.6 Å². The quantitative estimate of drug-likeness (QED) is 0.810. The second kappa shape index (κ2) is 4.44. The van der Waals surface area contributed by atoms with Crippen LogP contribution in [-0.2, 0) is 0 Å². The Morgan fingerprint density at radius 1 is 1.44 bits per heavy atom. The Kier molecular flexibility index (Phi) is 3.17. The molecule has 1 fully saturated rings. The maximum Gasteiger partial charge on any atom is 0.0636 e. The highest BCUT2D eigenvalue weighted by atomic mass is 15.2. The van der Waals surface area contributed by atoms with Crippen LogP contribution in [0.2, 0.25) is 0 Å². The molecule has 2 atom stereocenters. The van der Waals surface area contributed by atoms with Crippen LogP contribution in [0.5, 0.6) is 0 Å². The summed E-state index contributed by atoms with van der Waals surface area (Å²) >= 11 is 0. The number of anilines is 1. The van der Waals surface area contributed by atoms with Crippen molar-refractivity contribution in [3.63, 3.8) is 0 Å². The Hall–Kier alpha value is -1.06. The van der Waals surface area contributed by atoms with Gasteiger partial charge in [0.25, 0.3) is 0 Å². The molecule has 0 radical (unpaired) electrons. The standard InChI is InChI=1S/C13H21N3/c1-11-8-13(9-14,10-16(11)2)15-12-6-4-3-5-7-12/h3-7,11,15H,8-10,14H2,1-2H3. The first kappa shape index (κ1) is 11.4. The average molecular weight is 219 g/mol. The van der Waals surface area contributed by atoms with Gasteiger partial charge >= 0.3 is 0 Å². The van der Waals surface area contributed by atoms with Gasteiger partial charge in [-0.1, -0.05) is 18.2 Å².